The highest BCUT2D eigenvalue weighted by Crippen LogP contribution is 2.27. The van der Waals surface area contributed by atoms with Crippen molar-refractivity contribution in [3.8, 4) is 0 Å². The number of fused-ring (bicyclic) bond motifs is 1. The van der Waals surface area contributed by atoms with E-state index in [1.165, 1.54) is 15.6 Å². The summed E-state index contributed by atoms with van der Waals surface area (Å²) in [6.45, 7) is 6.31. The van der Waals surface area contributed by atoms with Crippen molar-refractivity contribution in [3.05, 3.63) is 82.4 Å². The number of carbonyl (C=O) groups is 2. The van der Waals surface area contributed by atoms with Crippen LogP contribution in [0.25, 0.3) is 10.1 Å². The highest BCUT2D eigenvalue weighted by atomic mass is 32.1. The van der Waals surface area contributed by atoms with Crippen molar-refractivity contribution < 1.29 is 14.7 Å². The molecular weight excluding hydrogens is 394 g/mol. The summed E-state index contributed by atoms with van der Waals surface area (Å²) in [7, 11) is 0. The SMILES string of the molecule is CC(C)(C)c1ccc(C(=O)N/C(=C/CCCc2csc3ccccc23)C(=O)O)cc1. The molecule has 0 aliphatic rings. The summed E-state index contributed by atoms with van der Waals surface area (Å²) in [5.41, 5.74) is 2.77. The zero-order chi connectivity index (χ0) is 21.7. The van der Waals surface area contributed by atoms with E-state index >= 15 is 0 Å². The fourth-order valence-electron chi connectivity index (χ4n) is 3.27. The first-order chi connectivity index (χ1) is 14.3. The van der Waals surface area contributed by atoms with Crippen LogP contribution in [0, 0.1) is 0 Å². The Bertz CT molecular complexity index is 1070. The Morgan fingerprint density at radius 2 is 1.77 bits per heavy atom. The number of aryl methyl sites for hydroxylation is 1. The highest BCUT2D eigenvalue weighted by molar-refractivity contribution is 7.17. The van der Waals surface area contributed by atoms with E-state index in [0.717, 1.165) is 18.4 Å². The van der Waals surface area contributed by atoms with Crippen LogP contribution in [0.3, 0.4) is 0 Å². The van der Waals surface area contributed by atoms with E-state index in [9.17, 15) is 14.7 Å². The van der Waals surface area contributed by atoms with Gasteiger partial charge in [0.05, 0.1) is 0 Å². The summed E-state index contributed by atoms with van der Waals surface area (Å²) >= 11 is 1.73. The molecule has 0 radical (unpaired) electrons. The third kappa shape index (κ3) is 5.36. The summed E-state index contributed by atoms with van der Waals surface area (Å²) in [5, 5.41) is 15.4. The summed E-state index contributed by atoms with van der Waals surface area (Å²) in [6, 6.07) is 15.6. The molecule has 0 atom stereocenters. The van der Waals surface area contributed by atoms with Crippen LogP contribution in [0.1, 0.15) is 55.1 Å². The van der Waals surface area contributed by atoms with Gasteiger partial charge in [0.1, 0.15) is 5.70 Å². The maximum Gasteiger partial charge on any atom is 0.352 e. The second-order valence-corrected chi connectivity index (χ2v) is 9.26. The number of carboxylic acids is 1. The van der Waals surface area contributed by atoms with E-state index in [4.69, 9.17) is 0 Å². The summed E-state index contributed by atoms with van der Waals surface area (Å²) in [6.07, 6.45) is 3.86. The molecule has 0 aliphatic carbocycles. The lowest BCUT2D eigenvalue weighted by molar-refractivity contribution is -0.133. The molecule has 3 aromatic rings. The fraction of sp³-hybridized carbons (Fsp3) is 0.280. The Balaban J connectivity index is 1.60. The molecule has 5 heteroatoms. The number of carbonyl (C=O) groups excluding carboxylic acids is 1. The number of thiophene rings is 1. The quantitative estimate of drug-likeness (QED) is 0.368. The van der Waals surface area contributed by atoms with Gasteiger partial charge >= 0.3 is 5.97 Å². The molecule has 0 saturated heterocycles. The molecular formula is C25H27NO3S. The average molecular weight is 422 g/mol. The van der Waals surface area contributed by atoms with Gasteiger partial charge in [-0.15, -0.1) is 11.3 Å². The lowest BCUT2D eigenvalue weighted by Gasteiger charge is -2.19. The second-order valence-electron chi connectivity index (χ2n) is 8.35. The standard InChI is InChI=1S/C25H27NO3S/c1-25(2,3)19-14-12-17(13-15-19)23(27)26-21(24(28)29)10-6-4-8-18-16-30-22-11-7-5-9-20(18)22/h5,7,9-16H,4,6,8H2,1-3H3,(H,26,27)(H,28,29)/b21-10+. The van der Waals surface area contributed by atoms with Gasteiger partial charge in [0.15, 0.2) is 0 Å². The molecule has 1 amide bonds. The summed E-state index contributed by atoms with van der Waals surface area (Å²) in [4.78, 5) is 24.0. The molecule has 1 aromatic heterocycles. The minimum absolute atomic E-state index is 0.00505. The number of nitrogens with one attached hydrogen (secondary N) is 1. The molecule has 0 saturated carbocycles. The lowest BCUT2D eigenvalue weighted by Crippen LogP contribution is -2.27. The number of carboxylic acid groups (broad SMARTS) is 1. The van der Waals surface area contributed by atoms with Crippen LogP contribution in [0.5, 0.6) is 0 Å². The smallest absolute Gasteiger partial charge is 0.352 e. The van der Waals surface area contributed by atoms with E-state index in [-0.39, 0.29) is 11.1 Å². The van der Waals surface area contributed by atoms with Crippen molar-refractivity contribution in [1.82, 2.24) is 5.32 Å². The number of benzene rings is 2. The van der Waals surface area contributed by atoms with Crippen molar-refractivity contribution in [2.24, 2.45) is 0 Å². The van der Waals surface area contributed by atoms with Crippen molar-refractivity contribution in [2.45, 2.75) is 45.4 Å². The van der Waals surface area contributed by atoms with Gasteiger partial charge in [0.25, 0.3) is 5.91 Å². The first kappa shape index (κ1) is 21.8. The molecule has 4 nitrogen and oxygen atoms in total. The summed E-state index contributed by atoms with van der Waals surface area (Å²) in [5.74, 6) is -1.54. The van der Waals surface area contributed by atoms with Crippen molar-refractivity contribution in [2.75, 3.05) is 0 Å². The van der Waals surface area contributed by atoms with E-state index in [1.807, 2.05) is 24.3 Å². The summed E-state index contributed by atoms with van der Waals surface area (Å²) < 4.78 is 1.26. The van der Waals surface area contributed by atoms with Crippen LogP contribution in [0.4, 0.5) is 0 Å². The predicted octanol–water partition coefficient (Wildman–Crippen LogP) is 5.92. The van der Waals surface area contributed by atoms with E-state index in [0.29, 0.717) is 12.0 Å². The maximum atomic E-state index is 12.5. The molecule has 30 heavy (non-hydrogen) atoms. The number of rotatable bonds is 7. The van der Waals surface area contributed by atoms with Crippen LogP contribution >= 0.6 is 11.3 Å². The average Bonchev–Trinajstić information content (AvgIpc) is 3.12. The molecule has 0 spiro atoms. The first-order valence-corrected chi connectivity index (χ1v) is 10.9. The predicted molar refractivity (Wildman–Crippen MR) is 123 cm³/mol. The van der Waals surface area contributed by atoms with Gasteiger partial charge in [0.2, 0.25) is 0 Å². The Morgan fingerprint density at radius 3 is 2.43 bits per heavy atom. The molecule has 0 aliphatic heterocycles. The maximum absolute atomic E-state index is 12.5. The molecule has 2 N–H and O–H groups in total. The number of hydrogen-bond acceptors (Lipinski definition) is 3. The zero-order valence-electron chi connectivity index (χ0n) is 17.6. The highest BCUT2D eigenvalue weighted by Gasteiger charge is 2.16. The number of allylic oxidation sites excluding steroid dienone is 1. The Morgan fingerprint density at radius 1 is 1.07 bits per heavy atom. The molecule has 0 bridgehead atoms. The monoisotopic (exact) mass is 421 g/mol. The minimum atomic E-state index is -1.13. The topological polar surface area (TPSA) is 66.4 Å². The fourth-order valence-corrected chi connectivity index (χ4v) is 4.27. The Hall–Kier alpha value is -2.92. The van der Waals surface area contributed by atoms with Crippen LogP contribution in [-0.4, -0.2) is 17.0 Å². The van der Waals surface area contributed by atoms with Gasteiger partial charge in [-0.3, -0.25) is 4.79 Å². The van der Waals surface area contributed by atoms with Crippen LogP contribution in [0.2, 0.25) is 0 Å². The van der Waals surface area contributed by atoms with Crippen molar-refractivity contribution >= 4 is 33.3 Å². The van der Waals surface area contributed by atoms with Gasteiger partial charge < -0.3 is 10.4 Å². The van der Waals surface area contributed by atoms with Crippen LogP contribution in [0.15, 0.2) is 65.7 Å². The van der Waals surface area contributed by atoms with Gasteiger partial charge in [-0.05, 0) is 64.8 Å². The lowest BCUT2D eigenvalue weighted by atomic mass is 9.87. The number of hydrogen-bond donors (Lipinski definition) is 2. The van der Waals surface area contributed by atoms with Crippen molar-refractivity contribution in [1.29, 1.82) is 0 Å². The van der Waals surface area contributed by atoms with E-state index in [1.54, 1.807) is 29.5 Å². The zero-order valence-corrected chi connectivity index (χ0v) is 18.4. The van der Waals surface area contributed by atoms with Gasteiger partial charge in [-0.25, -0.2) is 4.79 Å². The first-order valence-electron chi connectivity index (χ1n) is 10.1. The molecule has 156 valence electrons. The van der Waals surface area contributed by atoms with E-state index < -0.39 is 11.9 Å². The number of amides is 1. The van der Waals surface area contributed by atoms with Crippen LogP contribution in [-0.2, 0) is 16.6 Å². The molecule has 1 heterocycles. The molecule has 2 aromatic carbocycles. The van der Waals surface area contributed by atoms with Crippen LogP contribution < -0.4 is 5.32 Å². The number of aliphatic carboxylic acids is 1. The van der Waals surface area contributed by atoms with Gasteiger partial charge in [-0.1, -0.05) is 57.2 Å². The minimum Gasteiger partial charge on any atom is -0.477 e. The molecule has 0 fully saturated rings. The van der Waals surface area contributed by atoms with Crippen molar-refractivity contribution in [3.63, 3.8) is 0 Å². The number of unbranched alkanes of at least 4 members (excludes halogenated alkanes) is 1. The second kappa shape index (κ2) is 9.26. The normalized spacial score (nSPS) is 12.2. The largest absolute Gasteiger partial charge is 0.477 e. The third-order valence-electron chi connectivity index (χ3n) is 5.05. The molecule has 3 rings (SSSR count). The van der Waals surface area contributed by atoms with Gasteiger partial charge in [-0.2, -0.15) is 0 Å². The molecule has 0 unspecified atom stereocenters. The van der Waals surface area contributed by atoms with Gasteiger partial charge in [0, 0.05) is 10.3 Å². The Kier molecular flexibility index (Phi) is 6.73. The third-order valence-corrected chi connectivity index (χ3v) is 6.06. The van der Waals surface area contributed by atoms with E-state index in [2.05, 4.69) is 43.6 Å². The Labute approximate surface area is 181 Å².